The molecule has 0 radical (unpaired) electrons. The van der Waals surface area contributed by atoms with Crippen molar-refractivity contribution in [3.05, 3.63) is 53.7 Å². The maximum atomic E-state index is 9.92. The van der Waals surface area contributed by atoms with Gasteiger partial charge in [0, 0.05) is 29.6 Å². The summed E-state index contributed by atoms with van der Waals surface area (Å²) < 4.78 is 2.02. The van der Waals surface area contributed by atoms with Gasteiger partial charge in [0.2, 0.25) is 11.0 Å². The molecule has 0 fully saturated rings. The first-order valence-electron chi connectivity index (χ1n) is 5.35. The third-order valence-corrected chi connectivity index (χ3v) is 2.91. The predicted molar refractivity (Wildman–Crippen MR) is 75.6 cm³/mol. The average molecular weight is 281 g/mol. The number of hydrogen-bond acceptors (Lipinski definition) is 1. The fraction of sp³-hybridized carbons (Fsp3) is 0.0714. The normalized spacial score (nSPS) is 10.2. The van der Waals surface area contributed by atoms with Crippen molar-refractivity contribution in [2.75, 3.05) is 6.38 Å². The first kappa shape index (κ1) is 12.9. The zero-order valence-corrected chi connectivity index (χ0v) is 11.3. The molecular formula is C14H12Cl2NO+. The van der Waals surface area contributed by atoms with Gasteiger partial charge >= 0.3 is 0 Å². The summed E-state index contributed by atoms with van der Waals surface area (Å²) in [5.74, 6) is 0.253. The number of alkyl halides is 1. The van der Waals surface area contributed by atoms with E-state index < -0.39 is 0 Å². The van der Waals surface area contributed by atoms with Gasteiger partial charge in [0.25, 0.3) is 0 Å². The van der Waals surface area contributed by atoms with Gasteiger partial charge in [0.15, 0.2) is 6.20 Å². The van der Waals surface area contributed by atoms with Crippen molar-refractivity contribution in [1.82, 2.24) is 0 Å². The number of aromatic nitrogens is 1. The molecule has 3 aromatic rings. The molecular weight excluding hydrogens is 269 g/mol. The van der Waals surface area contributed by atoms with E-state index in [1.807, 2.05) is 40.9 Å². The molecule has 3 rings (SSSR count). The molecule has 0 atom stereocenters. The highest BCUT2D eigenvalue weighted by atomic mass is 35.5. The monoisotopic (exact) mass is 280 g/mol. The first-order chi connectivity index (χ1) is 8.75. The molecule has 0 saturated carbocycles. The van der Waals surface area contributed by atoms with Gasteiger partial charge in [0.05, 0.1) is 11.5 Å². The molecule has 18 heavy (non-hydrogen) atoms. The largest absolute Gasteiger partial charge is 0.507 e. The first-order valence-corrected chi connectivity index (χ1v) is 6.48. The minimum Gasteiger partial charge on any atom is -0.507 e. The summed E-state index contributed by atoms with van der Waals surface area (Å²) in [7, 11) is 0. The van der Waals surface area contributed by atoms with E-state index in [-0.39, 0.29) is 5.75 Å². The second-order valence-electron chi connectivity index (χ2n) is 3.69. The maximum Gasteiger partial charge on any atom is 0.222 e. The van der Waals surface area contributed by atoms with Gasteiger partial charge in [-0.1, -0.05) is 11.6 Å². The smallest absolute Gasteiger partial charge is 0.222 e. The summed E-state index contributed by atoms with van der Waals surface area (Å²) in [4.78, 5) is 0. The molecule has 2 nitrogen and oxygen atoms in total. The molecule has 0 unspecified atom stereocenters. The summed E-state index contributed by atoms with van der Waals surface area (Å²) in [5.41, 5.74) is 1.90. The van der Waals surface area contributed by atoms with Crippen LogP contribution < -0.4 is 4.40 Å². The van der Waals surface area contributed by atoms with Crippen molar-refractivity contribution in [3.63, 3.8) is 0 Å². The summed E-state index contributed by atoms with van der Waals surface area (Å²) in [6.45, 7) is 0. The Kier molecular flexibility index (Phi) is 3.90. The lowest BCUT2D eigenvalue weighted by atomic mass is 10.2. The van der Waals surface area contributed by atoms with E-state index in [2.05, 4.69) is 11.6 Å². The third kappa shape index (κ3) is 2.22. The number of benzene rings is 1. The lowest BCUT2D eigenvalue weighted by Crippen LogP contribution is -2.21. The molecule has 0 aliphatic carbocycles. The highest BCUT2D eigenvalue weighted by Gasteiger charge is 2.12. The molecule has 2 heterocycles. The van der Waals surface area contributed by atoms with Crippen molar-refractivity contribution in [3.8, 4) is 5.75 Å². The molecule has 0 spiro atoms. The number of nitrogens with zero attached hydrogens (tertiary/aromatic N) is 1. The van der Waals surface area contributed by atoms with Crippen molar-refractivity contribution < 1.29 is 9.51 Å². The lowest BCUT2D eigenvalue weighted by Gasteiger charge is -2.00. The number of aromatic hydroxyl groups is 1. The molecule has 1 N–H and O–H groups in total. The van der Waals surface area contributed by atoms with E-state index in [9.17, 15) is 5.11 Å². The Morgan fingerprint density at radius 3 is 2.61 bits per heavy atom. The number of hydrogen-bond donors (Lipinski definition) is 1. The van der Waals surface area contributed by atoms with Crippen LogP contribution in [-0.4, -0.2) is 11.5 Å². The van der Waals surface area contributed by atoms with Crippen molar-refractivity contribution in [2.45, 2.75) is 0 Å². The van der Waals surface area contributed by atoms with Gasteiger partial charge in [-0.3, -0.25) is 0 Å². The van der Waals surface area contributed by atoms with E-state index in [1.54, 1.807) is 12.1 Å². The SMILES string of the molecule is CCl.Oc1cc2cccc[n+]2c2ccc(Cl)cc12. The van der Waals surface area contributed by atoms with Gasteiger partial charge < -0.3 is 5.11 Å². The zero-order valence-electron chi connectivity index (χ0n) is 9.77. The van der Waals surface area contributed by atoms with Crippen molar-refractivity contribution in [1.29, 1.82) is 0 Å². The van der Waals surface area contributed by atoms with E-state index in [1.165, 1.54) is 6.38 Å². The van der Waals surface area contributed by atoms with Crippen LogP contribution in [0.2, 0.25) is 5.02 Å². The number of fused-ring (bicyclic) bond motifs is 3. The molecule has 1 aromatic carbocycles. The van der Waals surface area contributed by atoms with Gasteiger partial charge in [0.1, 0.15) is 5.75 Å². The van der Waals surface area contributed by atoms with Gasteiger partial charge in [-0.05, 0) is 18.2 Å². The Hall–Kier alpha value is -1.51. The Bertz CT molecular complexity index is 698. The molecule has 4 heteroatoms. The molecule has 0 aliphatic rings. The maximum absolute atomic E-state index is 9.92. The van der Waals surface area contributed by atoms with Crippen LogP contribution in [0.5, 0.6) is 5.75 Å². The Morgan fingerprint density at radius 1 is 1.06 bits per heavy atom. The molecule has 0 bridgehead atoms. The minimum atomic E-state index is 0.253. The van der Waals surface area contributed by atoms with Gasteiger partial charge in [-0.25, -0.2) is 0 Å². The van der Waals surface area contributed by atoms with Crippen molar-refractivity contribution >= 4 is 39.6 Å². The van der Waals surface area contributed by atoms with Crippen LogP contribution in [0, 0.1) is 0 Å². The minimum absolute atomic E-state index is 0.253. The highest BCUT2D eigenvalue weighted by Crippen LogP contribution is 2.26. The Balaban J connectivity index is 0.000000574. The number of rotatable bonds is 0. The number of pyridine rings is 2. The van der Waals surface area contributed by atoms with E-state index in [0.29, 0.717) is 5.02 Å². The molecule has 0 aliphatic heterocycles. The van der Waals surface area contributed by atoms with Crippen LogP contribution in [-0.2, 0) is 0 Å². The van der Waals surface area contributed by atoms with Gasteiger partial charge in [-0.15, -0.1) is 11.6 Å². The van der Waals surface area contributed by atoms with Crippen LogP contribution in [0.25, 0.3) is 16.4 Å². The summed E-state index contributed by atoms with van der Waals surface area (Å²) in [6, 6.07) is 13.1. The average Bonchev–Trinajstić information content (AvgIpc) is 2.41. The fourth-order valence-electron chi connectivity index (χ4n) is 1.93. The second-order valence-corrected chi connectivity index (χ2v) is 4.12. The standard InChI is InChI=1S/C13H8ClNO.CH3Cl/c14-9-4-5-12-11(7-9)13(16)8-10-3-1-2-6-15(10)12;1-2/h1-8H;1H3/p+1. The van der Waals surface area contributed by atoms with Crippen LogP contribution in [0.4, 0.5) is 0 Å². The van der Waals surface area contributed by atoms with Crippen LogP contribution in [0.15, 0.2) is 48.7 Å². The highest BCUT2D eigenvalue weighted by molar-refractivity contribution is 6.31. The van der Waals surface area contributed by atoms with E-state index in [0.717, 1.165) is 16.4 Å². The third-order valence-electron chi connectivity index (χ3n) is 2.67. The van der Waals surface area contributed by atoms with Crippen LogP contribution in [0.3, 0.4) is 0 Å². The fourth-order valence-corrected chi connectivity index (χ4v) is 2.11. The predicted octanol–water partition coefficient (Wildman–Crippen LogP) is 3.79. The summed E-state index contributed by atoms with van der Waals surface area (Å²) in [5, 5.41) is 11.3. The molecule has 2 aromatic heterocycles. The van der Waals surface area contributed by atoms with Crippen molar-refractivity contribution in [2.24, 2.45) is 0 Å². The number of halogens is 2. The quantitative estimate of drug-likeness (QED) is 0.378. The van der Waals surface area contributed by atoms with Gasteiger partial charge in [-0.2, -0.15) is 4.40 Å². The Labute approximate surface area is 115 Å². The van der Waals surface area contributed by atoms with E-state index in [4.69, 9.17) is 11.6 Å². The summed E-state index contributed by atoms with van der Waals surface area (Å²) in [6.07, 6.45) is 3.44. The van der Waals surface area contributed by atoms with Crippen LogP contribution in [0.1, 0.15) is 0 Å². The summed E-state index contributed by atoms with van der Waals surface area (Å²) >= 11 is 10.6. The molecule has 0 saturated heterocycles. The van der Waals surface area contributed by atoms with Crippen LogP contribution >= 0.6 is 23.2 Å². The zero-order chi connectivity index (χ0) is 13.1. The molecule has 92 valence electrons. The Morgan fingerprint density at radius 2 is 1.83 bits per heavy atom. The second kappa shape index (κ2) is 5.42. The molecule has 0 amide bonds. The van der Waals surface area contributed by atoms with E-state index >= 15 is 0 Å². The lowest BCUT2D eigenvalue weighted by molar-refractivity contribution is -0.481. The topological polar surface area (TPSA) is 24.3 Å².